The summed E-state index contributed by atoms with van der Waals surface area (Å²) >= 11 is 0. The van der Waals surface area contributed by atoms with Crippen LogP contribution >= 0.6 is 0 Å². The molecule has 1 N–H and O–H groups in total. The van der Waals surface area contributed by atoms with Crippen molar-refractivity contribution in [2.24, 2.45) is 0 Å². The normalized spacial score (nSPS) is 10.8. The van der Waals surface area contributed by atoms with E-state index in [1.54, 1.807) is 0 Å². The summed E-state index contributed by atoms with van der Waals surface area (Å²) in [5.41, 5.74) is 2.26. The van der Waals surface area contributed by atoms with E-state index >= 15 is 0 Å². The lowest BCUT2D eigenvalue weighted by molar-refractivity contribution is 0.629. The molecule has 18 heavy (non-hydrogen) atoms. The van der Waals surface area contributed by atoms with Crippen LogP contribution in [-0.2, 0) is 13.1 Å². The molecule has 0 aliphatic heterocycles. The first-order valence-corrected chi connectivity index (χ1v) is 6.22. The molecule has 0 saturated carbocycles. The molecule has 2 aromatic rings. The van der Waals surface area contributed by atoms with E-state index in [0.717, 1.165) is 30.4 Å². The Balaban J connectivity index is 2.20. The Morgan fingerprint density at radius 3 is 2.83 bits per heavy atom. The van der Waals surface area contributed by atoms with Crippen LogP contribution in [0, 0.1) is 13.8 Å². The first-order valence-electron chi connectivity index (χ1n) is 6.22. The van der Waals surface area contributed by atoms with E-state index in [1.165, 1.54) is 5.56 Å². The summed E-state index contributed by atoms with van der Waals surface area (Å²) in [6.45, 7) is 8.44. The van der Waals surface area contributed by atoms with E-state index in [4.69, 9.17) is 0 Å². The van der Waals surface area contributed by atoms with Gasteiger partial charge in [-0.15, -0.1) is 0 Å². The SMILES string of the molecule is CCNCc1cccnc1Cn1nc(C)nc1C. The second-order valence-corrected chi connectivity index (χ2v) is 4.25. The fraction of sp³-hybridized carbons (Fsp3) is 0.462. The third-order valence-corrected chi connectivity index (χ3v) is 2.81. The highest BCUT2D eigenvalue weighted by Gasteiger charge is 2.07. The zero-order valence-corrected chi connectivity index (χ0v) is 11.1. The van der Waals surface area contributed by atoms with Crippen molar-refractivity contribution in [3.63, 3.8) is 0 Å². The molecule has 0 amide bonds. The number of aryl methyl sites for hydroxylation is 2. The van der Waals surface area contributed by atoms with Gasteiger partial charge in [0, 0.05) is 12.7 Å². The fourth-order valence-corrected chi connectivity index (χ4v) is 1.89. The van der Waals surface area contributed by atoms with Gasteiger partial charge in [0.2, 0.25) is 0 Å². The summed E-state index contributed by atoms with van der Waals surface area (Å²) in [4.78, 5) is 8.76. The summed E-state index contributed by atoms with van der Waals surface area (Å²) in [5, 5.41) is 7.70. The van der Waals surface area contributed by atoms with Crippen LogP contribution < -0.4 is 5.32 Å². The fourth-order valence-electron chi connectivity index (χ4n) is 1.89. The molecule has 0 spiro atoms. The lowest BCUT2D eigenvalue weighted by Gasteiger charge is -2.09. The van der Waals surface area contributed by atoms with Crippen LogP contribution in [0.2, 0.25) is 0 Å². The van der Waals surface area contributed by atoms with Crippen molar-refractivity contribution in [3.8, 4) is 0 Å². The lowest BCUT2D eigenvalue weighted by Crippen LogP contribution is -2.16. The highest BCUT2D eigenvalue weighted by molar-refractivity contribution is 5.20. The number of hydrogen-bond acceptors (Lipinski definition) is 4. The van der Waals surface area contributed by atoms with E-state index in [0.29, 0.717) is 6.54 Å². The first-order chi connectivity index (χ1) is 8.70. The maximum atomic E-state index is 4.45. The Morgan fingerprint density at radius 2 is 2.17 bits per heavy atom. The molecular formula is C13H19N5. The molecular weight excluding hydrogens is 226 g/mol. The van der Waals surface area contributed by atoms with Crippen molar-refractivity contribution < 1.29 is 0 Å². The number of rotatable bonds is 5. The maximum absolute atomic E-state index is 4.45. The van der Waals surface area contributed by atoms with Gasteiger partial charge in [-0.1, -0.05) is 13.0 Å². The highest BCUT2D eigenvalue weighted by atomic mass is 15.3. The Kier molecular flexibility index (Phi) is 4.04. The van der Waals surface area contributed by atoms with E-state index < -0.39 is 0 Å². The van der Waals surface area contributed by atoms with Crippen LogP contribution in [0.15, 0.2) is 18.3 Å². The second kappa shape index (κ2) is 5.73. The van der Waals surface area contributed by atoms with Gasteiger partial charge in [0.25, 0.3) is 0 Å². The molecule has 0 aliphatic carbocycles. The maximum Gasteiger partial charge on any atom is 0.147 e. The van der Waals surface area contributed by atoms with Crippen LogP contribution in [0.5, 0.6) is 0 Å². The van der Waals surface area contributed by atoms with E-state index in [1.807, 2.05) is 30.8 Å². The number of nitrogens with zero attached hydrogens (tertiary/aromatic N) is 4. The van der Waals surface area contributed by atoms with Crippen LogP contribution in [0.3, 0.4) is 0 Å². The number of hydrogen-bond donors (Lipinski definition) is 1. The molecule has 0 saturated heterocycles. The minimum Gasteiger partial charge on any atom is -0.313 e. The topological polar surface area (TPSA) is 55.6 Å². The van der Waals surface area contributed by atoms with Crippen LogP contribution in [0.25, 0.3) is 0 Å². The quantitative estimate of drug-likeness (QED) is 0.866. The summed E-state index contributed by atoms with van der Waals surface area (Å²) < 4.78 is 1.90. The average Bonchev–Trinajstić information content (AvgIpc) is 2.67. The third kappa shape index (κ3) is 2.92. The average molecular weight is 245 g/mol. The molecule has 0 aromatic carbocycles. The Labute approximate surface area is 107 Å². The van der Waals surface area contributed by atoms with Gasteiger partial charge < -0.3 is 5.32 Å². The molecule has 0 unspecified atom stereocenters. The van der Waals surface area contributed by atoms with Crippen molar-refractivity contribution in [3.05, 3.63) is 41.2 Å². The number of aromatic nitrogens is 4. The Hall–Kier alpha value is -1.75. The van der Waals surface area contributed by atoms with Gasteiger partial charge >= 0.3 is 0 Å². The predicted octanol–water partition coefficient (Wildman–Crippen LogP) is 1.45. The summed E-state index contributed by atoms with van der Waals surface area (Å²) in [5.74, 6) is 1.73. The molecule has 0 aliphatic rings. The Bertz CT molecular complexity index is 518. The van der Waals surface area contributed by atoms with Gasteiger partial charge in [0.1, 0.15) is 11.6 Å². The standard InChI is InChI=1S/C13H19N5/c1-4-14-8-12-6-5-7-15-13(12)9-18-11(3)16-10(2)17-18/h5-7,14H,4,8-9H2,1-3H3. The second-order valence-electron chi connectivity index (χ2n) is 4.25. The van der Waals surface area contributed by atoms with Crippen molar-refractivity contribution in [1.29, 1.82) is 0 Å². The lowest BCUT2D eigenvalue weighted by atomic mass is 10.2. The smallest absolute Gasteiger partial charge is 0.147 e. The van der Waals surface area contributed by atoms with E-state index in [9.17, 15) is 0 Å². The van der Waals surface area contributed by atoms with Crippen LogP contribution in [0.4, 0.5) is 0 Å². The zero-order chi connectivity index (χ0) is 13.0. The number of nitrogens with one attached hydrogen (secondary N) is 1. The van der Waals surface area contributed by atoms with E-state index in [-0.39, 0.29) is 0 Å². The molecule has 5 nitrogen and oxygen atoms in total. The van der Waals surface area contributed by atoms with Gasteiger partial charge in [-0.25, -0.2) is 9.67 Å². The molecule has 5 heteroatoms. The van der Waals surface area contributed by atoms with Crippen molar-refractivity contribution in [2.45, 2.75) is 33.9 Å². The van der Waals surface area contributed by atoms with Gasteiger partial charge in [-0.2, -0.15) is 5.10 Å². The molecule has 0 atom stereocenters. The van der Waals surface area contributed by atoms with Crippen LogP contribution in [0.1, 0.15) is 29.8 Å². The minimum absolute atomic E-state index is 0.675. The highest BCUT2D eigenvalue weighted by Crippen LogP contribution is 2.08. The monoisotopic (exact) mass is 245 g/mol. The minimum atomic E-state index is 0.675. The third-order valence-electron chi connectivity index (χ3n) is 2.81. The summed E-state index contributed by atoms with van der Waals surface area (Å²) in [7, 11) is 0. The number of pyridine rings is 1. The molecule has 96 valence electrons. The predicted molar refractivity (Wildman–Crippen MR) is 70.2 cm³/mol. The van der Waals surface area contributed by atoms with Crippen LogP contribution in [-0.4, -0.2) is 26.3 Å². The molecule has 0 radical (unpaired) electrons. The van der Waals surface area contributed by atoms with Crippen molar-refractivity contribution in [1.82, 2.24) is 25.1 Å². The molecule has 0 bridgehead atoms. The Morgan fingerprint density at radius 1 is 1.33 bits per heavy atom. The van der Waals surface area contributed by atoms with Crippen molar-refractivity contribution in [2.75, 3.05) is 6.54 Å². The molecule has 2 heterocycles. The van der Waals surface area contributed by atoms with Gasteiger partial charge in [-0.3, -0.25) is 4.98 Å². The zero-order valence-electron chi connectivity index (χ0n) is 11.1. The van der Waals surface area contributed by atoms with Gasteiger partial charge in [0.15, 0.2) is 0 Å². The molecule has 0 fully saturated rings. The largest absolute Gasteiger partial charge is 0.313 e. The van der Waals surface area contributed by atoms with E-state index in [2.05, 4.69) is 33.4 Å². The summed E-state index contributed by atoms with van der Waals surface area (Å²) in [6.07, 6.45) is 1.82. The van der Waals surface area contributed by atoms with Crippen molar-refractivity contribution >= 4 is 0 Å². The first kappa shape index (κ1) is 12.7. The van der Waals surface area contributed by atoms with Gasteiger partial charge in [-0.05, 0) is 32.0 Å². The van der Waals surface area contributed by atoms with Gasteiger partial charge in [0.05, 0.1) is 12.2 Å². The summed E-state index contributed by atoms with van der Waals surface area (Å²) in [6, 6.07) is 4.07. The molecule has 2 rings (SSSR count). The molecule has 2 aromatic heterocycles.